The van der Waals surface area contributed by atoms with Crippen molar-refractivity contribution in [2.24, 2.45) is 0 Å². The van der Waals surface area contributed by atoms with Crippen molar-refractivity contribution in [3.63, 3.8) is 0 Å². The Labute approximate surface area is 182 Å². The molecule has 0 spiro atoms. The van der Waals surface area contributed by atoms with E-state index in [2.05, 4.69) is 5.09 Å². The molecule has 0 aromatic heterocycles. The van der Waals surface area contributed by atoms with Crippen LogP contribution in [0.3, 0.4) is 0 Å². The average Bonchev–Trinajstić information content (AvgIpc) is 2.80. The highest BCUT2D eigenvalue weighted by molar-refractivity contribution is 7.80. The van der Waals surface area contributed by atoms with E-state index in [0.717, 1.165) is 27.4 Å². The van der Waals surface area contributed by atoms with Gasteiger partial charge in [0.2, 0.25) is 7.29 Å². The third kappa shape index (κ3) is 4.57. The van der Waals surface area contributed by atoms with Crippen LogP contribution >= 0.6 is 18.9 Å². The van der Waals surface area contributed by atoms with Crippen LogP contribution in [0, 0.1) is 0 Å². The molecular weight excluding hydrogens is 409 g/mol. The molecule has 0 aliphatic heterocycles. The molecule has 4 aromatic rings. The maximum atomic E-state index is 14.5. The number of para-hydroxylation sites is 1. The molecule has 0 heterocycles. The quantitative estimate of drug-likeness (QED) is 0.268. The fourth-order valence-corrected chi connectivity index (χ4v) is 5.84. The molecule has 0 aliphatic rings. The smallest absolute Gasteiger partial charge is 0.227 e. The Balaban J connectivity index is 1.80. The summed E-state index contributed by atoms with van der Waals surface area (Å²) in [6.07, 6.45) is 4.01. The van der Waals surface area contributed by atoms with E-state index in [9.17, 15) is 4.57 Å². The Morgan fingerprint density at radius 1 is 0.667 bits per heavy atom. The summed E-state index contributed by atoms with van der Waals surface area (Å²) in [5.74, 6) is 0. The van der Waals surface area contributed by atoms with Crippen LogP contribution in [0.25, 0.3) is 12.2 Å². The standard InChI is InChI=1S/C26H21ClNOP/c27-23-19-16-21(17-20-23)15-18-22-9-7-8-14-26(22)30(29,25-12-5-2-6-13-25)28-24-10-3-1-4-11-24/h1-20H,(H,28,29)/b18-15+. The fraction of sp³-hybridized carbons (Fsp3) is 0. The van der Waals surface area contributed by atoms with Gasteiger partial charge in [0.15, 0.2) is 0 Å². The van der Waals surface area contributed by atoms with Crippen molar-refractivity contribution in [3.8, 4) is 0 Å². The SMILES string of the molecule is O=P(Nc1ccccc1)(c1ccccc1)c1ccccc1/C=C/c1ccc(Cl)cc1. The number of halogens is 1. The normalized spacial score (nSPS) is 13.1. The minimum atomic E-state index is -3.14. The van der Waals surface area contributed by atoms with Gasteiger partial charge in [0.05, 0.1) is 0 Å². The van der Waals surface area contributed by atoms with Crippen LogP contribution in [0.5, 0.6) is 0 Å². The largest absolute Gasteiger partial charge is 0.329 e. The third-order valence-electron chi connectivity index (χ3n) is 4.78. The molecule has 0 saturated carbocycles. The lowest BCUT2D eigenvalue weighted by Crippen LogP contribution is -2.23. The summed E-state index contributed by atoms with van der Waals surface area (Å²) in [5.41, 5.74) is 2.75. The maximum Gasteiger partial charge on any atom is 0.227 e. The Kier molecular flexibility index (Phi) is 6.18. The molecular formula is C26H21ClNOP. The van der Waals surface area contributed by atoms with Crippen LogP contribution in [-0.2, 0) is 4.57 Å². The zero-order chi connectivity index (χ0) is 20.8. The molecule has 0 bridgehead atoms. The van der Waals surface area contributed by atoms with Gasteiger partial charge >= 0.3 is 0 Å². The number of hydrogen-bond acceptors (Lipinski definition) is 1. The summed E-state index contributed by atoms with van der Waals surface area (Å²) in [6, 6.07) is 34.7. The summed E-state index contributed by atoms with van der Waals surface area (Å²) in [7, 11) is -3.14. The van der Waals surface area contributed by atoms with Gasteiger partial charge in [-0.15, -0.1) is 0 Å². The molecule has 4 aromatic carbocycles. The van der Waals surface area contributed by atoms with Crippen molar-refractivity contribution >= 4 is 47.3 Å². The summed E-state index contributed by atoms with van der Waals surface area (Å²) in [6.45, 7) is 0. The zero-order valence-corrected chi connectivity index (χ0v) is 17.9. The molecule has 0 amide bonds. The van der Waals surface area contributed by atoms with Crippen LogP contribution in [0.1, 0.15) is 11.1 Å². The van der Waals surface area contributed by atoms with E-state index in [1.807, 2.05) is 121 Å². The molecule has 148 valence electrons. The second-order valence-electron chi connectivity index (χ2n) is 6.87. The van der Waals surface area contributed by atoms with E-state index in [1.165, 1.54) is 0 Å². The van der Waals surface area contributed by atoms with Crippen LogP contribution in [0.2, 0.25) is 5.02 Å². The van der Waals surface area contributed by atoms with Gasteiger partial charge in [0, 0.05) is 21.3 Å². The van der Waals surface area contributed by atoms with Gasteiger partial charge in [0.25, 0.3) is 0 Å². The molecule has 0 saturated heterocycles. The number of anilines is 1. The highest BCUT2D eigenvalue weighted by Gasteiger charge is 2.29. The molecule has 1 unspecified atom stereocenters. The Morgan fingerprint density at radius 2 is 1.27 bits per heavy atom. The average molecular weight is 430 g/mol. The molecule has 0 fully saturated rings. The second kappa shape index (κ2) is 9.17. The van der Waals surface area contributed by atoms with Crippen LogP contribution in [0.4, 0.5) is 5.69 Å². The summed E-state index contributed by atoms with van der Waals surface area (Å²) in [5, 5.41) is 5.57. The van der Waals surface area contributed by atoms with Gasteiger partial charge in [-0.1, -0.05) is 90.5 Å². The van der Waals surface area contributed by atoms with Crippen molar-refractivity contribution in [2.75, 3.05) is 5.09 Å². The molecule has 0 radical (unpaired) electrons. The monoisotopic (exact) mass is 429 g/mol. The maximum absolute atomic E-state index is 14.5. The Bertz CT molecular complexity index is 1190. The predicted molar refractivity (Wildman–Crippen MR) is 130 cm³/mol. The number of hydrogen-bond donors (Lipinski definition) is 1. The minimum Gasteiger partial charge on any atom is -0.329 e. The Morgan fingerprint density at radius 3 is 1.97 bits per heavy atom. The first-order valence-electron chi connectivity index (χ1n) is 9.67. The van der Waals surface area contributed by atoms with Crippen molar-refractivity contribution in [3.05, 3.63) is 125 Å². The lowest BCUT2D eigenvalue weighted by atomic mass is 10.1. The summed E-state index contributed by atoms with van der Waals surface area (Å²) >= 11 is 5.99. The first kappa shape index (κ1) is 20.2. The van der Waals surface area contributed by atoms with E-state index in [4.69, 9.17) is 11.6 Å². The molecule has 0 aliphatic carbocycles. The van der Waals surface area contributed by atoms with E-state index >= 15 is 0 Å². The van der Waals surface area contributed by atoms with Gasteiger partial charge < -0.3 is 5.09 Å². The number of rotatable bonds is 6. The molecule has 2 nitrogen and oxygen atoms in total. The van der Waals surface area contributed by atoms with E-state index in [-0.39, 0.29) is 0 Å². The Hall–Kier alpha value is -3.06. The minimum absolute atomic E-state index is 0.702. The van der Waals surface area contributed by atoms with Crippen LogP contribution in [-0.4, -0.2) is 0 Å². The second-order valence-corrected chi connectivity index (χ2v) is 9.74. The van der Waals surface area contributed by atoms with Gasteiger partial charge in [-0.3, -0.25) is 4.57 Å². The number of benzene rings is 4. The first-order chi connectivity index (χ1) is 14.6. The van der Waals surface area contributed by atoms with Gasteiger partial charge in [-0.05, 0) is 53.6 Å². The van der Waals surface area contributed by atoms with Crippen molar-refractivity contribution in [2.45, 2.75) is 0 Å². The lowest BCUT2D eigenvalue weighted by Gasteiger charge is -2.23. The van der Waals surface area contributed by atoms with E-state index in [1.54, 1.807) is 0 Å². The highest BCUT2D eigenvalue weighted by atomic mass is 35.5. The fourth-order valence-electron chi connectivity index (χ4n) is 3.27. The van der Waals surface area contributed by atoms with Gasteiger partial charge in [0.1, 0.15) is 0 Å². The first-order valence-corrected chi connectivity index (χ1v) is 11.8. The summed E-state index contributed by atoms with van der Waals surface area (Å²) < 4.78 is 14.5. The lowest BCUT2D eigenvalue weighted by molar-refractivity contribution is 0.590. The predicted octanol–water partition coefficient (Wildman–Crippen LogP) is 6.85. The van der Waals surface area contributed by atoms with Crippen molar-refractivity contribution in [1.29, 1.82) is 0 Å². The van der Waals surface area contributed by atoms with Crippen molar-refractivity contribution < 1.29 is 4.57 Å². The molecule has 30 heavy (non-hydrogen) atoms. The molecule has 4 heteroatoms. The van der Waals surface area contributed by atoms with Gasteiger partial charge in [-0.2, -0.15) is 0 Å². The molecule has 4 rings (SSSR count). The highest BCUT2D eigenvalue weighted by Crippen LogP contribution is 2.44. The topological polar surface area (TPSA) is 29.1 Å². The van der Waals surface area contributed by atoms with Crippen LogP contribution < -0.4 is 15.7 Å². The zero-order valence-electron chi connectivity index (χ0n) is 16.3. The van der Waals surface area contributed by atoms with E-state index in [0.29, 0.717) is 5.02 Å². The van der Waals surface area contributed by atoms with Gasteiger partial charge in [-0.25, -0.2) is 0 Å². The summed E-state index contributed by atoms with van der Waals surface area (Å²) in [4.78, 5) is 0. The molecule has 1 N–H and O–H groups in total. The third-order valence-corrected chi connectivity index (χ3v) is 7.72. The van der Waals surface area contributed by atoms with Crippen molar-refractivity contribution in [1.82, 2.24) is 0 Å². The van der Waals surface area contributed by atoms with E-state index < -0.39 is 7.29 Å². The number of nitrogens with one attached hydrogen (secondary N) is 1. The van der Waals surface area contributed by atoms with Crippen LogP contribution in [0.15, 0.2) is 109 Å². The molecule has 1 atom stereocenters.